The maximum Gasteiger partial charge on any atom is 0.261 e. The van der Waals surface area contributed by atoms with E-state index in [1.165, 1.54) is 0 Å². The Kier molecular flexibility index (Phi) is 8.71. The highest BCUT2D eigenvalue weighted by atomic mass is 16.5. The van der Waals surface area contributed by atoms with Gasteiger partial charge in [-0.1, -0.05) is 31.2 Å². The third-order valence-electron chi connectivity index (χ3n) is 4.92. The van der Waals surface area contributed by atoms with Crippen molar-refractivity contribution in [1.82, 2.24) is 10.2 Å². The van der Waals surface area contributed by atoms with Gasteiger partial charge >= 0.3 is 0 Å². The topological polar surface area (TPSA) is 67.9 Å². The second-order valence-corrected chi connectivity index (χ2v) is 7.39. The first-order valence-corrected chi connectivity index (χ1v) is 10.3. The third-order valence-corrected chi connectivity index (χ3v) is 4.92. The summed E-state index contributed by atoms with van der Waals surface area (Å²) in [4.78, 5) is 27.2. The normalized spacial score (nSPS) is 11.5. The van der Waals surface area contributed by atoms with E-state index in [4.69, 9.17) is 9.47 Å². The Morgan fingerprint density at radius 2 is 1.80 bits per heavy atom. The maximum atomic E-state index is 13.1. The second kappa shape index (κ2) is 11.2. The number of nitrogens with zero attached hydrogens (tertiary/aromatic N) is 1. The Morgan fingerprint density at radius 3 is 2.43 bits per heavy atom. The molecule has 0 saturated heterocycles. The summed E-state index contributed by atoms with van der Waals surface area (Å²) in [5, 5.41) is 2.87. The van der Waals surface area contributed by atoms with Crippen LogP contribution < -0.4 is 14.8 Å². The number of carbonyl (C=O) groups excluding carboxylic acids is 2. The molecule has 1 atom stereocenters. The number of hydrogen-bond donors (Lipinski definition) is 1. The van der Waals surface area contributed by atoms with E-state index in [9.17, 15) is 9.59 Å². The van der Waals surface area contributed by atoms with Crippen LogP contribution >= 0.6 is 0 Å². The zero-order valence-corrected chi connectivity index (χ0v) is 18.5. The molecule has 0 aromatic heterocycles. The molecule has 0 aliphatic heterocycles. The fourth-order valence-corrected chi connectivity index (χ4v) is 2.99. The average Bonchev–Trinajstić information content (AvgIpc) is 2.76. The van der Waals surface area contributed by atoms with Crippen molar-refractivity contribution in [2.75, 3.05) is 20.3 Å². The largest absolute Gasteiger partial charge is 0.497 e. The van der Waals surface area contributed by atoms with Gasteiger partial charge in [-0.15, -0.1) is 0 Å². The van der Waals surface area contributed by atoms with Crippen LogP contribution in [0.1, 0.15) is 37.0 Å². The molecular weight excluding hydrogens is 380 g/mol. The van der Waals surface area contributed by atoms with E-state index in [2.05, 4.69) is 5.32 Å². The van der Waals surface area contributed by atoms with Gasteiger partial charge in [-0.25, -0.2) is 0 Å². The molecule has 2 rings (SSSR count). The predicted molar refractivity (Wildman–Crippen MR) is 118 cm³/mol. The van der Waals surface area contributed by atoms with Crippen molar-refractivity contribution in [2.24, 2.45) is 0 Å². The van der Waals surface area contributed by atoms with Crippen LogP contribution in [-0.4, -0.2) is 43.0 Å². The van der Waals surface area contributed by atoms with Crippen LogP contribution in [-0.2, 0) is 16.1 Å². The van der Waals surface area contributed by atoms with E-state index >= 15 is 0 Å². The minimum Gasteiger partial charge on any atom is -0.497 e. The number of carbonyl (C=O) groups is 2. The summed E-state index contributed by atoms with van der Waals surface area (Å²) < 4.78 is 11.0. The fourth-order valence-electron chi connectivity index (χ4n) is 2.99. The molecule has 162 valence electrons. The minimum absolute atomic E-state index is 0.133. The van der Waals surface area contributed by atoms with Gasteiger partial charge in [-0.05, 0) is 62.1 Å². The quantitative estimate of drug-likeness (QED) is 0.647. The van der Waals surface area contributed by atoms with Gasteiger partial charge in [0.05, 0.1) is 7.11 Å². The highest BCUT2D eigenvalue weighted by Crippen LogP contribution is 2.20. The summed E-state index contributed by atoms with van der Waals surface area (Å²) in [6.45, 7) is 8.39. The van der Waals surface area contributed by atoms with Gasteiger partial charge in [0.1, 0.15) is 17.5 Å². The zero-order valence-electron chi connectivity index (χ0n) is 18.5. The van der Waals surface area contributed by atoms with Gasteiger partial charge in [-0.2, -0.15) is 0 Å². The van der Waals surface area contributed by atoms with Crippen LogP contribution in [0.4, 0.5) is 0 Å². The first-order chi connectivity index (χ1) is 14.3. The molecule has 0 aliphatic carbocycles. The van der Waals surface area contributed by atoms with Crippen molar-refractivity contribution in [2.45, 2.75) is 46.7 Å². The van der Waals surface area contributed by atoms with Crippen molar-refractivity contribution in [3.63, 3.8) is 0 Å². The second-order valence-electron chi connectivity index (χ2n) is 7.39. The van der Waals surface area contributed by atoms with Gasteiger partial charge in [0.25, 0.3) is 5.91 Å². The summed E-state index contributed by atoms with van der Waals surface area (Å²) in [6, 6.07) is 12.7. The highest BCUT2D eigenvalue weighted by molar-refractivity contribution is 5.88. The maximum absolute atomic E-state index is 13.1. The van der Waals surface area contributed by atoms with Crippen LogP contribution in [0.25, 0.3) is 0 Å². The summed E-state index contributed by atoms with van der Waals surface area (Å²) >= 11 is 0. The average molecular weight is 413 g/mol. The smallest absolute Gasteiger partial charge is 0.261 e. The van der Waals surface area contributed by atoms with E-state index in [-0.39, 0.29) is 18.4 Å². The summed E-state index contributed by atoms with van der Waals surface area (Å²) in [5.41, 5.74) is 2.93. The van der Waals surface area contributed by atoms with E-state index < -0.39 is 6.04 Å². The molecule has 2 aromatic carbocycles. The summed E-state index contributed by atoms with van der Waals surface area (Å²) in [6.07, 6.45) is 0.834. The molecule has 6 nitrogen and oxygen atoms in total. The van der Waals surface area contributed by atoms with Crippen molar-refractivity contribution < 1.29 is 19.1 Å². The Bertz CT molecular complexity index is 849. The molecule has 0 bridgehead atoms. The summed E-state index contributed by atoms with van der Waals surface area (Å²) in [5.74, 6) is 0.996. The molecule has 0 heterocycles. The SMILES string of the molecule is CCCNC(=O)C(C)N(Cc1ccc(OC)cc1)C(=O)COc1cc(C)ccc1C. The highest BCUT2D eigenvalue weighted by Gasteiger charge is 2.26. The van der Waals surface area contributed by atoms with E-state index in [1.807, 2.05) is 63.2 Å². The number of ether oxygens (including phenoxy) is 2. The third kappa shape index (κ3) is 6.51. The van der Waals surface area contributed by atoms with Gasteiger partial charge in [0.15, 0.2) is 6.61 Å². The number of methoxy groups -OCH3 is 1. The number of hydrogen-bond acceptors (Lipinski definition) is 4. The van der Waals surface area contributed by atoms with Crippen molar-refractivity contribution in [1.29, 1.82) is 0 Å². The Balaban J connectivity index is 2.16. The van der Waals surface area contributed by atoms with E-state index in [1.54, 1.807) is 18.9 Å². The molecule has 0 saturated carbocycles. The molecule has 2 amide bonds. The number of rotatable bonds is 10. The fraction of sp³-hybridized carbons (Fsp3) is 0.417. The molecule has 0 radical (unpaired) electrons. The monoisotopic (exact) mass is 412 g/mol. The number of amides is 2. The lowest BCUT2D eigenvalue weighted by molar-refractivity contribution is -0.142. The summed E-state index contributed by atoms with van der Waals surface area (Å²) in [7, 11) is 1.61. The number of benzene rings is 2. The van der Waals surface area contributed by atoms with Gasteiger partial charge in [-0.3, -0.25) is 9.59 Å². The van der Waals surface area contributed by atoms with Crippen LogP contribution in [0.15, 0.2) is 42.5 Å². The van der Waals surface area contributed by atoms with Crippen molar-refractivity contribution >= 4 is 11.8 Å². The van der Waals surface area contributed by atoms with Gasteiger partial charge < -0.3 is 19.7 Å². The standard InChI is InChI=1S/C24H32N2O4/c1-6-13-25-24(28)19(4)26(15-20-9-11-21(29-5)12-10-20)23(27)16-30-22-14-17(2)7-8-18(22)3/h7-12,14,19H,6,13,15-16H2,1-5H3,(H,25,28). The first-order valence-electron chi connectivity index (χ1n) is 10.3. The Morgan fingerprint density at radius 1 is 1.10 bits per heavy atom. The number of aryl methyl sites for hydroxylation is 2. The number of nitrogens with one attached hydrogen (secondary N) is 1. The lowest BCUT2D eigenvalue weighted by Crippen LogP contribution is -2.49. The van der Waals surface area contributed by atoms with Crippen molar-refractivity contribution in [3.8, 4) is 11.5 Å². The first kappa shape index (κ1) is 23.3. The predicted octanol–water partition coefficient (Wildman–Crippen LogP) is 3.63. The van der Waals surface area contributed by atoms with Gasteiger partial charge in [0, 0.05) is 13.1 Å². The molecular formula is C24H32N2O4. The van der Waals surface area contributed by atoms with Crippen LogP contribution in [0, 0.1) is 13.8 Å². The lowest BCUT2D eigenvalue weighted by atomic mass is 10.1. The Labute approximate surface area is 179 Å². The molecule has 2 aromatic rings. The zero-order chi connectivity index (χ0) is 22.1. The molecule has 0 spiro atoms. The molecule has 30 heavy (non-hydrogen) atoms. The van der Waals surface area contributed by atoms with E-state index in [0.29, 0.717) is 18.8 Å². The lowest BCUT2D eigenvalue weighted by Gasteiger charge is -2.29. The van der Waals surface area contributed by atoms with Gasteiger partial charge in [0.2, 0.25) is 5.91 Å². The van der Waals surface area contributed by atoms with Crippen molar-refractivity contribution in [3.05, 3.63) is 59.2 Å². The molecule has 1 N–H and O–H groups in total. The molecule has 0 fully saturated rings. The van der Waals surface area contributed by atoms with Crippen LogP contribution in [0.5, 0.6) is 11.5 Å². The molecule has 1 unspecified atom stereocenters. The molecule has 0 aliphatic rings. The molecule has 6 heteroatoms. The van der Waals surface area contributed by atoms with Crippen LogP contribution in [0.2, 0.25) is 0 Å². The Hall–Kier alpha value is -3.02. The van der Waals surface area contributed by atoms with E-state index in [0.717, 1.165) is 28.9 Å². The van der Waals surface area contributed by atoms with Crippen LogP contribution in [0.3, 0.4) is 0 Å². The minimum atomic E-state index is -0.617.